The monoisotopic (exact) mass is 289 g/mol. The van der Waals surface area contributed by atoms with Gasteiger partial charge in [0.15, 0.2) is 11.5 Å². The fourth-order valence-electron chi connectivity index (χ4n) is 2.31. The quantitative estimate of drug-likeness (QED) is 0.613. The zero-order chi connectivity index (χ0) is 14.9. The lowest BCUT2D eigenvalue weighted by atomic mass is 10.1. The molecule has 0 saturated heterocycles. The predicted octanol–water partition coefficient (Wildman–Crippen LogP) is 2.15. The second kappa shape index (κ2) is 4.92. The molecule has 106 valence electrons. The molecule has 0 fully saturated rings. The summed E-state index contributed by atoms with van der Waals surface area (Å²) in [5.41, 5.74) is 2.34. The molecule has 22 heavy (non-hydrogen) atoms. The molecule has 0 aliphatic carbocycles. The highest BCUT2D eigenvalue weighted by Crippen LogP contribution is 2.21. The topological polar surface area (TPSA) is 75.9 Å². The van der Waals surface area contributed by atoms with Crippen molar-refractivity contribution in [2.75, 3.05) is 0 Å². The normalized spacial score (nSPS) is 10.9. The number of nitrogens with one attached hydrogen (secondary N) is 1. The van der Waals surface area contributed by atoms with Gasteiger partial charge < -0.3 is 0 Å². The van der Waals surface area contributed by atoms with Crippen LogP contribution in [0.3, 0.4) is 0 Å². The molecule has 6 heteroatoms. The average Bonchev–Trinajstić information content (AvgIpc) is 3.03. The van der Waals surface area contributed by atoms with Gasteiger partial charge in [-0.1, -0.05) is 60.7 Å². The molecule has 0 spiro atoms. The van der Waals surface area contributed by atoms with Gasteiger partial charge in [0.25, 0.3) is 0 Å². The smallest absolute Gasteiger partial charge is 0.244 e. The van der Waals surface area contributed by atoms with Crippen LogP contribution >= 0.6 is 0 Å². The van der Waals surface area contributed by atoms with Gasteiger partial charge in [0.05, 0.1) is 0 Å². The molecule has 6 nitrogen and oxygen atoms in total. The van der Waals surface area contributed by atoms with E-state index in [-0.39, 0.29) is 0 Å². The minimum atomic E-state index is -0.413. The number of H-pyrrole nitrogens is 1. The van der Waals surface area contributed by atoms with Gasteiger partial charge in [0.2, 0.25) is 0 Å². The molecule has 1 N–H and O–H groups in total. The van der Waals surface area contributed by atoms with Crippen LogP contribution in [-0.2, 0) is 0 Å². The Labute approximate surface area is 125 Å². The lowest BCUT2D eigenvalue weighted by Gasteiger charge is -1.99. The third-order valence-corrected chi connectivity index (χ3v) is 3.35. The molecule has 0 radical (unpaired) electrons. The van der Waals surface area contributed by atoms with Crippen LogP contribution < -0.4 is 5.69 Å². The number of aromatic amines is 1. The van der Waals surface area contributed by atoms with Crippen molar-refractivity contribution in [3.63, 3.8) is 0 Å². The van der Waals surface area contributed by atoms with Gasteiger partial charge in [-0.05, 0) is 0 Å². The Morgan fingerprint density at radius 1 is 0.864 bits per heavy atom. The van der Waals surface area contributed by atoms with Crippen molar-refractivity contribution >= 4 is 5.65 Å². The SMILES string of the molecule is O=c1[nH]nc(-c2ccccc2)c2nc(-c3ccccc3)nn12. The molecule has 4 rings (SSSR count). The van der Waals surface area contributed by atoms with Crippen LogP contribution in [0.2, 0.25) is 0 Å². The summed E-state index contributed by atoms with van der Waals surface area (Å²) in [4.78, 5) is 16.4. The summed E-state index contributed by atoms with van der Waals surface area (Å²) < 4.78 is 1.25. The Hall–Kier alpha value is -3.28. The highest BCUT2D eigenvalue weighted by Gasteiger charge is 2.14. The largest absolute Gasteiger partial charge is 0.364 e. The first-order valence-corrected chi connectivity index (χ1v) is 6.79. The minimum absolute atomic E-state index is 0.413. The highest BCUT2D eigenvalue weighted by atomic mass is 16.1. The van der Waals surface area contributed by atoms with Gasteiger partial charge in [0, 0.05) is 11.1 Å². The van der Waals surface area contributed by atoms with Crippen molar-refractivity contribution in [3.05, 3.63) is 71.1 Å². The second-order valence-corrected chi connectivity index (χ2v) is 4.78. The second-order valence-electron chi connectivity index (χ2n) is 4.78. The van der Waals surface area contributed by atoms with Crippen LogP contribution in [0.4, 0.5) is 0 Å². The number of hydrogen-bond donors (Lipinski definition) is 1. The molecule has 2 heterocycles. The Morgan fingerprint density at radius 3 is 2.18 bits per heavy atom. The fraction of sp³-hybridized carbons (Fsp3) is 0. The number of nitrogens with zero attached hydrogens (tertiary/aromatic N) is 4. The Bertz CT molecular complexity index is 989. The van der Waals surface area contributed by atoms with Gasteiger partial charge in [-0.2, -0.15) is 9.61 Å². The first kappa shape index (κ1) is 12.5. The number of rotatable bonds is 2. The van der Waals surface area contributed by atoms with E-state index in [4.69, 9.17) is 0 Å². The Balaban J connectivity index is 1.99. The maximum Gasteiger partial charge on any atom is 0.364 e. The third-order valence-electron chi connectivity index (χ3n) is 3.35. The molecule has 2 aromatic heterocycles. The number of aromatic nitrogens is 5. The summed E-state index contributed by atoms with van der Waals surface area (Å²) in [5, 5.41) is 10.9. The van der Waals surface area contributed by atoms with Crippen molar-refractivity contribution in [1.29, 1.82) is 0 Å². The van der Waals surface area contributed by atoms with Crippen LogP contribution in [0.5, 0.6) is 0 Å². The molecule has 4 aromatic rings. The maximum atomic E-state index is 11.9. The molecule has 0 aliphatic heterocycles. The number of hydrogen-bond acceptors (Lipinski definition) is 4. The summed E-state index contributed by atoms with van der Waals surface area (Å²) in [6, 6.07) is 19.1. The van der Waals surface area contributed by atoms with E-state index in [2.05, 4.69) is 20.3 Å². The van der Waals surface area contributed by atoms with Crippen LogP contribution in [0.1, 0.15) is 0 Å². The van der Waals surface area contributed by atoms with Crippen molar-refractivity contribution in [2.24, 2.45) is 0 Å². The number of fused-ring (bicyclic) bond motifs is 1. The summed E-state index contributed by atoms with van der Waals surface area (Å²) in [7, 11) is 0. The van der Waals surface area contributed by atoms with E-state index in [0.29, 0.717) is 17.2 Å². The number of benzene rings is 2. The molecule has 0 atom stereocenters. The maximum absolute atomic E-state index is 11.9. The van der Waals surface area contributed by atoms with Gasteiger partial charge in [-0.25, -0.2) is 14.9 Å². The van der Waals surface area contributed by atoms with Crippen LogP contribution in [0.15, 0.2) is 65.5 Å². The van der Waals surface area contributed by atoms with E-state index in [1.54, 1.807) is 0 Å². The first-order chi connectivity index (χ1) is 10.8. The van der Waals surface area contributed by atoms with Gasteiger partial charge in [-0.15, -0.1) is 5.10 Å². The molecule has 0 aliphatic rings. The minimum Gasteiger partial charge on any atom is -0.244 e. The summed E-state index contributed by atoms with van der Waals surface area (Å²) in [6.45, 7) is 0. The first-order valence-electron chi connectivity index (χ1n) is 6.79. The van der Waals surface area contributed by atoms with Crippen molar-refractivity contribution in [2.45, 2.75) is 0 Å². The van der Waals surface area contributed by atoms with Crippen LogP contribution in [0.25, 0.3) is 28.3 Å². The molecule has 0 saturated carbocycles. The average molecular weight is 289 g/mol. The molecular formula is C16H11N5O. The van der Waals surface area contributed by atoms with E-state index < -0.39 is 5.69 Å². The summed E-state index contributed by atoms with van der Waals surface area (Å²) >= 11 is 0. The molecule has 0 amide bonds. The molecule has 2 aromatic carbocycles. The summed E-state index contributed by atoms with van der Waals surface area (Å²) in [6.07, 6.45) is 0. The zero-order valence-corrected chi connectivity index (χ0v) is 11.5. The summed E-state index contributed by atoms with van der Waals surface area (Å²) in [5.74, 6) is 0.497. The fourth-order valence-corrected chi connectivity index (χ4v) is 2.31. The van der Waals surface area contributed by atoms with Crippen molar-refractivity contribution in [1.82, 2.24) is 24.8 Å². The predicted molar refractivity (Wildman–Crippen MR) is 82.3 cm³/mol. The highest BCUT2D eigenvalue weighted by molar-refractivity contribution is 5.74. The third kappa shape index (κ3) is 1.98. The van der Waals surface area contributed by atoms with Gasteiger partial charge in [0.1, 0.15) is 5.69 Å². The Morgan fingerprint density at radius 2 is 1.50 bits per heavy atom. The lowest BCUT2D eigenvalue weighted by molar-refractivity contribution is 0.816. The standard InChI is InChI=1S/C16H11N5O/c22-16-19-18-13(11-7-3-1-4-8-11)15-17-14(20-21(15)16)12-9-5-2-6-10-12/h1-10H,(H,19,22). The van der Waals surface area contributed by atoms with E-state index >= 15 is 0 Å². The molecule has 0 bridgehead atoms. The van der Waals surface area contributed by atoms with E-state index in [0.717, 1.165) is 11.1 Å². The van der Waals surface area contributed by atoms with Gasteiger partial charge >= 0.3 is 5.69 Å². The van der Waals surface area contributed by atoms with Gasteiger partial charge in [-0.3, -0.25) is 0 Å². The van der Waals surface area contributed by atoms with E-state index in [1.807, 2.05) is 60.7 Å². The van der Waals surface area contributed by atoms with E-state index in [9.17, 15) is 4.79 Å². The zero-order valence-electron chi connectivity index (χ0n) is 11.5. The Kier molecular flexibility index (Phi) is 2.79. The van der Waals surface area contributed by atoms with Crippen LogP contribution in [-0.4, -0.2) is 24.8 Å². The van der Waals surface area contributed by atoms with Crippen molar-refractivity contribution in [3.8, 4) is 22.6 Å². The molecular weight excluding hydrogens is 278 g/mol. The lowest BCUT2D eigenvalue weighted by Crippen LogP contribution is -2.19. The van der Waals surface area contributed by atoms with Crippen molar-refractivity contribution < 1.29 is 0 Å². The molecule has 0 unspecified atom stereocenters. The van der Waals surface area contributed by atoms with E-state index in [1.165, 1.54) is 4.52 Å². The van der Waals surface area contributed by atoms with Crippen LogP contribution in [0, 0.1) is 0 Å².